The summed E-state index contributed by atoms with van der Waals surface area (Å²) in [5.41, 5.74) is 0.479. The van der Waals surface area contributed by atoms with Gasteiger partial charge < -0.3 is 9.47 Å². The maximum atomic E-state index is 12.2. The highest BCUT2D eigenvalue weighted by molar-refractivity contribution is 5.92. The van der Waals surface area contributed by atoms with Gasteiger partial charge in [-0.3, -0.25) is 10.1 Å². The second kappa shape index (κ2) is 6.71. The van der Waals surface area contributed by atoms with Crippen LogP contribution >= 0.6 is 0 Å². The lowest BCUT2D eigenvalue weighted by atomic mass is 10.1. The van der Waals surface area contributed by atoms with Crippen molar-refractivity contribution in [2.75, 3.05) is 6.61 Å². The molecule has 114 valence electrons. The van der Waals surface area contributed by atoms with Gasteiger partial charge in [-0.2, -0.15) is 0 Å². The van der Waals surface area contributed by atoms with Crippen LogP contribution in [0.5, 0.6) is 11.5 Å². The molecular weight excluding hydrogens is 286 g/mol. The Morgan fingerprint density at radius 3 is 2.50 bits per heavy atom. The summed E-state index contributed by atoms with van der Waals surface area (Å²) in [7, 11) is 0. The number of nitro benzene ring substituents is 1. The van der Waals surface area contributed by atoms with Gasteiger partial charge in [0.05, 0.1) is 17.1 Å². The Hall–Kier alpha value is -2.89. The van der Waals surface area contributed by atoms with Crippen molar-refractivity contribution in [1.29, 1.82) is 0 Å². The molecule has 2 aromatic carbocycles. The van der Waals surface area contributed by atoms with Crippen molar-refractivity contribution in [3.8, 4) is 11.5 Å². The standard InChI is InChI=1S/C16H15NO5/c1-3-21-14-6-4-5-7-15(14)22-16(18)12-9-8-11(2)13(10-12)17(19)20/h4-10H,3H2,1-2H3. The second-order valence-electron chi connectivity index (χ2n) is 4.53. The van der Waals surface area contributed by atoms with Crippen LogP contribution in [0.1, 0.15) is 22.8 Å². The molecule has 0 fully saturated rings. The summed E-state index contributed by atoms with van der Waals surface area (Å²) in [6.45, 7) is 3.87. The molecule has 0 spiro atoms. The summed E-state index contributed by atoms with van der Waals surface area (Å²) in [6.07, 6.45) is 0. The molecule has 0 radical (unpaired) electrons. The fraction of sp³-hybridized carbons (Fsp3) is 0.188. The molecule has 0 unspecified atom stereocenters. The summed E-state index contributed by atoms with van der Waals surface area (Å²) >= 11 is 0. The van der Waals surface area contributed by atoms with Gasteiger partial charge in [0.1, 0.15) is 0 Å². The third-order valence-corrected chi connectivity index (χ3v) is 2.99. The molecule has 2 aromatic rings. The number of hydrogen-bond acceptors (Lipinski definition) is 5. The molecule has 0 aromatic heterocycles. The molecule has 0 aliphatic carbocycles. The third-order valence-electron chi connectivity index (χ3n) is 2.99. The van der Waals surface area contributed by atoms with E-state index in [1.807, 2.05) is 6.92 Å². The van der Waals surface area contributed by atoms with Gasteiger partial charge in [-0.15, -0.1) is 0 Å². The fourth-order valence-corrected chi connectivity index (χ4v) is 1.90. The van der Waals surface area contributed by atoms with Crippen LogP contribution in [0.25, 0.3) is 0 Å². The maximum absolute atomic E-state index is 12.2. The normalized spacial score (nSPS) is 10.1. The molecule has 0 heterocycles. The molecule has 6 heteroatoms. The van der Waals surface area contributed by atoms with Crippen LogP contribution in [0.3, 0.4) is 0 Å². The number of carbonyl (C=O) groups is 1. The predicted molar refractivity (Wildman–Crippen MR) is 80.4 cm³/mol. The maximum Gasteiger partial charge on any atom is 0.343 e. The Kier molecular flexibility index (Phi) is 4.73. The number of para-hydroxylation sites is 2. The summed E-state index contributed by atoms with van der Waals surface area (Å²) in [6, 6.07) is 11.0. The van der Waals surface area contributed by atoms with Crippen molar-refractivity contribution in [1.82, 2.24) is 0 Å². The highest BCUT2D eigenvalue weighted by atomic mass is 16.6. The van der Waals surface area contributed by atoms with E-state index in [1.165, 1.54) is 18.2 Å². The van der Waals surface area contributed by atoms with Gasteiger partial charge in [0.15, 0.2) is 11.5 Å². The first-order chi connectivity index (χ1) is 10.5. The SMILES string of the molecule is CCOc1ccccc1OC(=O)c1ccc(C)c([N+](=O)[O-])c1. The van der Waals surface area contributed by atoms with Gasteiger partial charge in [-0.25, -0.2) is 4.79 Å². The number of carbonyl (C=O) groups excluding carboxylic acids is 1. The van der Waals surface area contributed by atoms with Crippen molar-refractivity contribution in [3.05, 3.63) is 63.7 Å². The summed E-state index contributed by atoms with van der Waals surface area (Å²) < 4.78 is 10.6. The molecule has 0 aliphatic heterocycles. The molecule has 22 heavy (non-hydrogen) atoms. The van der Waals surface area contributed by atoms with Crippen LogP contribution in [-0.2, 0) is 0 Å². The molecule has 2 rings (SSSR count). The molecule has 0 amide bonds. The highest BCUT2D eigenvalue weighted by Gasteiger charge is 2.17. The Bertz CT molecular complexity index is 711. The number of rotatable bonds is 5. The molecular formula is C16H15NO5. The molecule has 0 saturated heterocycles. The van der Waals surface area contributed by atoms with E-state index in [-0.39, 0.29) is 17.0 Å². The first-order valence-corrected chi connectivity index (χ1v) is 6.72. The molecule has 0 bridgehead atoms. The number of nitrogens with zero attached hydrogens (tertiary/aromatic N) is 1. The zero-order valence-electron chi connectivity index (χ0n) is 12.2. The summed E-state index contributed by atoms with van der Waals surface area (Å²) in [4.78, 5) is 22.6. The van der Waals surface area contributed by atoms with Gasteiger partial charge in [-0.1, -0.05) is 18.2 Å². The monoisotopic (exact) mass is 301 g/mol. The number of hydrogen-bond donors (Lipinski definition) is 0. The van der Waals surface area contributed by atoms with E-state index < -0.39 is 10.9 Å². The van der Waals surface area contributed by atoms with Gasteiger partial charge >= 0.3 is 5.97 Å². The average Bonchev–Trinajstić information content (AvgIpc) is 2.49. The van der Waals surface area contributed by atoms with Gasteiger partial charge in [0.25, 0.3) is 5.69 Å². The Balaban J connectivity index is 2.26. The third kappa shape index (κ3) is 3.41. The number of benzene rings is 2. The minimum Gasteiger partial charge on any atom is -0.490 e. The first kappa shape index (κ1) is 15.5. The zero-order valence-corrected chi connectivity index (χ0v) is 12.2. The van der Waals surface area contributed by atoms with Crippen molar-refractivity contribution in [2.45, 2.75) is 13.8 Å². The van der Waals surface area contributed by atoms with Crippen LogP contribution in [0.15, 0.2) is 42.5 Å². The van der Waals surface area contributed by atoms with E-state index in [4.69, 9.17) is 9.47 Å². The predicted octanol–water partition coefficient (Wildman–Crippen LogP) is 3.52. The van der Waals surface area contributed by atoms with Crippen LogP contribution in [0.4, 0.5) is 5.69 Å². The molecule has 0 saturated carbocycles. The Labute approximate surface area is 127 Å². The van der Waals surface area contributed by atoms with Crippen LogP contribution in [-0.4, -0.2) is 17.5 Å². The Morgan fingerprint density at radius 2 is 1.86 bits per heavy atom. The lowest BCUT2D eigenvalue weighted by molar-refractivity contribution is -0.385. The van der Waals surface area contributed by atoms with E-state index in [9.17, 15) is 14.9 Å². The van der Waals surface area contributed by atoms with Crippen LogP contribution in [0, 0.1) is 17.0 Å². The first-order valence-electron chi connectivity index (χ1n) is 6.72. The molecule has 0 aliphatic rings. The van der Waals surface area contributed by atoms with E-state index >= 15 is 0 Å². The van der Waals surface area contributed by atoms with Crippen molar-refractivity contribution >= 4 is 11.7 Å². The van der Waals surface area contributed by atoms with Crippen LogP contribution < -0.4 is 9.47 Å². The van der Waals surface area contributed by atoms with E-state index in [0.29, 0.717) is 17.9 Å². The topological polar surface area (TPSA) is 78.7 Å². The van der Waals surface area contributed by atoms with Crippen LogP contribution in [0.2, 0.25) is 0 Å². The fourth-order valence-electron chi connectivity index (χ4n) is 1.90. The van der Waals surface area contributed by atoms with Gasteiger partial charge in [0.2, 0.25) is 0 Å². The smallest absolute Gasteiger partial charge is 0.343 e. The summed E-state index contributed by atoms with van der Waals surface area (Å²) in [5, 5.41) is 10.9. The van der Waals surface area contributed by atoms with E-state index in [2.05, 4.69) is 0 Å². The lowest BCUT2D eigenvalue weighted by Crippen LogP contribution is -2.10. The largest absolute Gasteiger partial charge is 0.490 e. The van der Waals surface area contributed by atoms with Crippen molar-refractivity contribution in [3.63, 3.8) is 0 Å². The number of nitro groups is 1. The second-order valence-corrected chi connectivity index (χ2v) is 4.53. The molecule has 0 N–H and O–H groups in total. The van der Waals surface area contributed by atoms with Gasteiger partial charge in [0, 0.05) is 11.6 Å². The Morgan fingerprint density at radius 1 is 1.18 bits per heavy atom. The van der Waals surface area contributed by atoms with E-state index in [0.717, 1.165) is 0 Å². The minimum absolute atomic E-state index is 0.114. The van der Waals surface area contributed by atoms with Crippen molar-refractivity contribution < 1.29 is 19.2 Å². The highest BCUT2D eigenvalue weighted by Crippen LogP contribution is 2.28. The number of aryl methyl sites for hydroxylation is 1. The van der Waals surface area contributed by atoms with E-state index in [1.54, 1.807) is 31.2 Å². The quantitative estimate of drug-likeness (QED) is 0.365. The minimum atomic E-state index is -0.671. The number of ether oxygens (including phenoxy) is 2. The summed E-state index contributed by atoms with van der Waals surface area (Å²) in [5.74, 6) is 0.0489. The van der Waals surface area contributed by atoms with Crippen molar-refractivity contribution in [2.24, 2.45) is 0 Å². The average molecular weight is 301 g/mol. The van der Waals surface area contributed by atoms with Gasteiger partial charge in [-0.05, 0) is 32.0 Å². The molecule has 6 nitrogen and oxygen atoms in total. The lowest BCUT2D eigenvalue weighted by Gasteiger charge is -2.10. The zero-order chi connectivity index (χ0) is 16.1. The number of esters is 1. The molecule has 0 atom stereocenters.